The van der Waals surface area contributed by atoms with Crippen molar-refractivity contribution in [3.8, 4) is 11.3 Å². The smallest absolute Gasteiger partial charge is 0.107 e. The predicted molar refractivity (Wildman–Crippen MR) is 92.4 cm³/mol. The molecular weight excluding hydrogens is 358 g/mol. The maximum Gasteiger partial charge on any atom is 0.107 e. The summed E-state index contributed by atoms with van der Waals surface area (Å²) < 4.78 is 1.11. The van der Waals surface area contributed by atoms with E-state index in [1.807, 2.05) is 6.07 Å². The third-order valence-corrected chi connectivity index (χ3v) is 7.74. The zero-order valence-corrected chi connectivity index (χ0v) is 14.5. The summed E-state index contributed by atoms with van der Waals surface area (Å²) in [6, 6.07) is 8.36. The Morgan fingerprint density at radius 3 is 2.89 bits per heavy atom. The number of benzene rings is 1. The van der Waals surface area contributed by atoms with Crippen LogP contribution < -0.4 is 0 Å². The Morgan fingerprint density at radius 1 is 1.26 bits per heavy atom. The van der Waals surface area contributed by atoms with Gasteiger partial charge in [-0.25, -0.2) is 4.98 Å². The summed E-state index contributed by atoms with van der Waals surface area (Å²) in [4.78, 5) is 4.86. The minimum absolute atomic E-state index is 0.560. The molecular formula is C14H14BrNS3. The first-order valence-corrected chi connectivity index (χ1v) is 9.95. The van der Waals surface area contributed by atoms with Crippen LogP contribution in [0.4, 0.5) is 0 Å². The molecule has 2 aromatic rings. The fourth-order valence-corrected chi connectivity index (χ4v) is 6.51. The molecule has 1 aliphatic rings. The van der Waals surface area contributed by atoms with Crippen LogP contribution in [0.3, 0.4) is 0 Å². The zero-order valence-electron chi connectivity index (χ0n) is 10.5. The van der Waals surface area contributed by atoms with Crippen LogP contribution in [0.15, 0.2) is 34.1 Å². The maximum atomic E-state index is 4.86. The third-order valence-electron chi connectivity index (χ3n) is 3.07. The molecule has 1 saturated heterocycles. The van der Waals surface area contributed by atoms with Crippen LogP contribution in [0.25, 0.3) is 11.3 Å². The van der Waals surface area contributed by atoms with Crippen molar-refractivity contribution in [3.05, 3.63) is 39.1 Å². The van der Waals surface area contributed by atoms with E-state index in [9.17, 15) is 0 Å². The van der Waals surface area contributed by atoms with Gasteiger partial charge in [-0.2, -0.15) is 11.8 Å². The van der Waals surface area contributed by atoms with Crippen molar-refractivity contribution in [2.45, 2.75) is 17.4 Å². The van der Waals surface area contributed by atoms with Gasteiger partial charge in [0.15, 0.2) is 0 Å². The zero-order chi connectivity index (χ0) is 13.2. The van der Waals surface area contributed by atoms with Gasteiger partial charge in [0.1, 0.15) is 5.01 Å². The molecule has 1 nitrogen and oxygen atoms in total. The monoisotopic (exact) mass is 371 g/mol. The largest absolute Gasteiger partial charge is 0.240 e. The van der Waals surface area contributed by atoms with Gasteiger partial charge in [0.05, 0.1) is 10.9 Å². The van der Waals surface area contributed by atoms with Crippen LogP contribution in [-0.4, -0.2) is 21.7 Å². The number of thioether (sulfide) groups is 2. The van der Waals surface area contributed by atoms with Crippen molar-refractivity contribution in [1.82, 2.24) is 4.98 Å². The predicted octanol–water partition coefficient (Wildman–Crippen LogP) is 5.48. The van der Waals surface area contributed by atoms with E-state index in [1.54, 1.807) is 11.3 Å². The first kappa shape index (κ1) is 14.0. The van der Waals surface area contributed by atoms with Crippen LogP contribution in [0.5, 0.6) is 0 Å². The van der Waals surface area contributed by atoms with Gasteiger partial charge in [-0.05, 0) is 12.1 Å². The van der Waals surface area contributed by atoms with Crippen molar-refractivity contribution in [2.75, 3.05) is 11.5 Å². The molecule has 2 heterocycles. The molecule has 2 atom stereocenters. The van der Waals surface area contributed by atoms with Gasteiger partial charge in [-0.3, -0.25) is 0 Å². The molecule has 0 bridgehead atoms. The van der Waals surface area contributed by atoms with Gasteiger partial charge in [0.2, 0.25) is 0 Å². The summed E-state index contributed by atoms with van der Waals surface area (Å²) in [5.74, 6) is 2.51. The van der Waals surface area contributed by atoms with Gasteiger partial charge in [-0.1, -0.05) is 35.0 Å². The Hall–Kier alpha value is 0.0300. The second-order valence-corrected chi connectivity index (χ2v) is 8.99. The van der Waals surface area contributed by atoms with Crippen molar-refractivity contribution in [2.24, 2.45) is 0 Å². The average molecular weight is 372 g/mol. The first-order chi connectivity index (χ1) is 9.24. The van der Waals surface area contributed by atoms with Gasteiger partial charge in [0, 0.05) is 32.2 Å². The molecule has 2 unspecified atom stereocenters. The molecule has 100 valence electrons. The molecule has 0 amide bonds. The Kier molecular flexibility index (Phi) is 4.57. The maximum absolute atomic E-state index is 4.86. The van der Waals surface area contributed by atoms with E-state index < -0.39 is 0 Å². The number of rotatable bonds is 2. The van der Waals surface area contributed by atoms with Gasteiger partial charge in [0.25, 0.3) is 0 Å². The second kappa shape index (κ2) is 6.20. The third kappa shape index (κ3) is 3.20. The van der Waals surface area contributed by atoms with Crippen LogP contribution >= 0.6 is 50.8 Å². The fraction of sp³-hybridized carbons (Fsp3) is 0.357. The number of hydrogen-bond donors (Lipinski definition) is 0. The highest BCUT2D eigenvalue weighted by Gasteiger charge is 2.26. The molecule has 0 aliphatic carbocycles. The van der Waals surface area contributed by atoms with E-state index in [0.29, 0.717) is 10.5 Å². The first-order valence-electron chi connectivity index (χ1n) is 6.18. The van der Waals surface area contributed by atoms with Crippen LogP contribution in [-0.2, 0) is 0 Å². The standard InChI is InChI=1S/C14H14BrNS3/c1-9-13(18-6-5-17-9)14-16-12(8-19-14)10-3-2-4-11(15)7-10/h2-4,7-9,13H,5-6H2,1H3. The fourth-order valence-electron chi connectivity index (χ4n) is 2.10. The highest BCUT2D eigenvalue weighted by molar-refractivity contribution is 9.10. The molecule has 1 fully saturated rings. The summed E-state index contributed by atoms with van der Waals surface area (Å²) in [5.41, 5.74) is 2.29. The molecule has 3 rings (SSSR count). The van der Waals surface area contributed by atoms with Gasteiger partial charge >= 0.3 is 0 Å². The molecule has 0 saturated carbocycles. The van der Waals surface area contributed by atoms with Gasteiger partial charge < -0.3 is 0 Å². The molecule has 1 aromatic carbocycles. The quantitative estimate of drug-likeness (QED) is 0.693. The molecule has 1 aliphatic heterocycles. The number of halogens is 1. The number of aromatic nitrogens is 1. The van der Waals surface area contributed by atoms with E-state index in [1.165, 1.54) is 22.1 Å². The molecule has 19 heavy (non-hydrogen) atoms. The minimum Gasteiger partial charge on any atom is -0.240 e. The van der Waals surface area contributed by atoms with Crippen LogP contribution in [0, 0.1) is 0 Å². The van der Waals surface area contributed by atoms with E-state index in [-0.39, 0.29) is 0 Å². The van der Waals surface area contributed by atoms with E-state index in [4.69, 9.17) is 4.98 Å². The average Bonchev–Trinajstić information content (AvgIpc) is 2.89. The van der Waals surface area contributed by atoms with E-state index in [0.717, 1.165) is 10.2 Å². The SMILES string of the molecule is CC1SCCSC1c1nc(-c2cccc(Br)c2)cs1. The minimum atomic E-state index is 0.560. The van der Waals surface area contributed by atoms with Crippen LogP contribution in [0.2, 0.25) is 0 Å². The lowest BCUT2D eigenvalue weighted by Crippen LogP contribution is -2.15. The normalized spacial score (nSPS) is 23.5. The topological polar surface area (TPSA) is 12.9 Å². The van der Waals surface area contributed by atoms with Crippen LogP contribution in [0.1, 0.15) is 17.2 Å². The van der Waals surface area contributed by atoms with Crippen molar-refractivity contribution in [1.29, 1.82) is 0 Å². The molecule has 0 radical (unpaired) electrons. The molecule has 0 N–H and O–H groups in total. The summed E-state index contributed by atoms with van der Waals surface area (Å²) in [7, 11) is 0. The number of thiazole rings is 1. The Balaban J connectivity index is 1.86. The number of nitrogens with zero attached hydrogens (tertiary/aromatic N) is 1. The van der Waals surface area contributed by atoms with E-state index in [2.05, 4.69) is 70.0 Å². The lowest BCUT2D eigenvalue weighted by atomic mass is 10.2. The van der Waals surface area contributed by atoms with Gasteiger partial charge in [-0.15, -0.1) is 23.1 Å². The molecule has 0 spiro atoms. The Morgan fingerprint density at radius 2 is 2.11 bits per heavy atom. The molecule has 5 heteroatoms. The Labute approximate surface area is 134 Å². The highest BCUT2D eigenvalue weighted by Crippen LogP contribution is 2.44. The number of hydrogen-bond acceptors (Lipinski definition) is 4. The summed E-state index contributed by atoms with van der Waals surface area (Å²) in [6.45, 7) is 2.32. The summed E-state index contributed by atoms with van der Waals surface area (Å²) in [5, 5.41) is 4.69. The van der Waals surface area contributed by atoms with Crippen molar-refractivity contribution < 1.29 is 0 Å². The summed E-state index contributed by atoms with van der Waals surface area (Å²) in [6.07, 6.45) is 0. The van der Waals surface area contributed by atoms with Crippen molar-refractivity contribution in [3.63, 3.8) is 0 Å². The van der Waals surface area contributed by atoms with Crippen molar-refractivity contribution >= 4 is 50.8 Å². The second-order valence-electron chi connectivity index (χ2n) is 4.45. The molecule has 1 aromatic heterocycles. The lowest BCUT2D eigenvalue weighted by molar-refractivity contribution is 0.896. The lowest BCUT2D eigenvalue weighted by Gasteiger charge is -2.25. The van der Waals surface area contributed by atoms with E-state index >= 15 is 0 Å². The highest BCUT2D eigenvalue weighted by atomic mass is 79.9. The Bertz CT molecular complexity index is 569. The summed E-state index contributed by atoms with van der Waals surface area (Å²) >= 11 is 9.44.